The molecule has 168 valence electrons. The van der Waals surface area contributed by atoms with E-state index < -0.39 is 10.0 Å². The first-order valence-electron chi connectivity index (χ1n) is 9.90. The van der Waals surface area contributed by atoms with Crippen LogP contribution in [0.4, 0.5) is 5.69 Å². The number of benzene rings is 2. The standard InChI is InChI=1S/C23H20N4O4S2/c1-15-11-12-24-21(13-15)27-22(29)18-5-3-4-6-19(18)25-23(27)32-14-20(28)16-7-9-17(10-8-16)26-33(2,30)31/h3-13,26H,14H2,1-2H3. The van der Waals surface area contributed by atoms with Gasteiger partial charge < -0.3 is 0 Å². The molecule has 2 aromatic heterocycles. The normalized spacial score (nSPS) is 11.5. The molecule has 33 heavy (non-hydrogen) atoms. The summed E-state index contributed by atoms with van der Waals surface area (Å²) in [5, 5.41) is 0.825. The molecule has 8 nitrogen and oxygen atoms in total. The van der Waals surface area contributed by atoms with Gasteiger partial charge in [-0.1, -0.05) is 23.9 Å². The molecule has 4 rings (SSSR count). The summed E-state index contributed by atoms with van der Waals surface area (Å²) >= 11 is 1.14. The largest absolute Gasteiger partial charge is 0.293 e. The molecule has 0 saturated carbocycles. The number of Topliss-reactive ketones (excluding diaryl/α,β-unsaturated/α-hetero) is 1. The number of aromatic nitrogens is 3. The van der Waals surface area contributed by atoms with Crippen molar-refractivity contribution in [3.63, 3.8) is 0 Å². The van der Waals surface area contributed by atoms with Gasteiger partial charge in [0.25, 0.3) is 5.56 Å². The number of carbonyl (C=O) groups is 1. The molecular weight excluding hydrogens is 460 g/mol. The van der Waals surface area contributed by atoms with Gasteiger partial charge in [-0.25, -0.2) is 23.0 Å². The molecule has 0 aliphatic heterocycles. The fourth-order valence-corrected chi connectivity index (χ4v) is 4.66. The number of fused-ring (bicyclic) bond motifs is 1. The Bertz CT molecular complexity index is 1510. The van der Waals surface area contributed by atoms with Crippen LogP contribution in [0.3, 0.4) is 0 Å². The molecule has 1 N–H and O–H groups in total. The molecule has 10 heteroatoms. The number of nitrogens with zero attached hydrogens (tertiary/aromatic N) is 3. The third-order valence-corrected chi connectivity index (χ3v) is 6.26. The van der Waals surface area contributed by atoms with E-state index in [1.165, 1.54) is 16.7 Å². The van der Waals surface area contributed by atoms with Crippen molar-refractivity contribution in [3.8, 4) is 5.82 Å². The lowest BCUT2D eigenvalue weighted by Crippen LogP contribution is -2.23. The van der Waals surface area contributed by atoms with Crippen molar-refractivity contribution in [2.45, 2.75) is 12.1 Å². The summed E-state index contributed by atoms with van der Waals surface area (Å²) in [7, 11) is -3.40. The van der Waals surface area contributed by atoms with E-state index in [0.29, 0.717) is 33.1 Å². The molecule has 0 radical (unpaired) electrons. The maximum Gasteiger partial charge on any atom is 0.267 e. The predicted molar refractivity (Wildman–Crippen MR) is 130 cm³/mol. The van der Waals surface area contributed by atoms with Gasteiger partial charge in [0.15, 0.2) is 10.9 Å². The van der Waals surface area contributed by atoms with Crippen LogP contribution in [0.5, 0.6) is 0 Å². The first kappa shape index (κ1) is 22.7. The van der Waals surface area contributed by atoms with E-state index in [1.807, 2.05) is 13.0 Å². The number of thioether (sulfide) groups is 1. The molecule has 0 saturated heterocycles. The Morgan fingerprint density at radius 1 is 1.09 bits per heavy atom. The first-order chi connectivity index (χ1) is 15.7. The highest BCUT2D eigenvalue weighted by atomic mass is 32.2. The Kier molecular flexibility index (Phi) is 6.30. The summed E-state index contributed by atoms with van der Waals surface area (Å²) in [5.41, 5.74) is 2.01. The molecular formula is C23H20N4O4S2. The maximum absolute atomic E-state index is 13.3. The van der Waals surface area contributed by atoms with Crippen molar-refractivity contribution < 1.29 is 13.2 Å². The lowest BCUT2D eigenvalue weighted by Gasteiger charge is -2.12. The van der Waals surface area contributed by atoms with Crippen LogP contribution in [0.15, 0.2) is 76.8 Å². The zero-order valence-electron chi connectivity index (χ0n) is 17.8. The van der Waals surface area contributed by atoms with Gasteiger partial charge in [-0.05, 0) is 61.0 Å². The van der Waals surface area contributed by atoms with Crippen LogP contribution in [-0.2, 0) is 10.0 Å². The Morgan fingerprint density at radius 3 is 2.52 bits per heavy atom. The molecule has 0 aliphatic carbocycles. The zero-order chi connectivity index (χ0) is 23.6. The van der Waals surface area contributed by atoms with E-state index in [9.17, 15) is 18.0 Å². The molecule has 0 amide bonds. The van der Waals surface area contributed by atoms with E-state index in [0.717, 1.165) is 23.6 Å². The number of pyridine rings is 1. The number of hydrogen-bond donors (Lipinski definition) is 1. The van der Waals surface area contributed by atoms with Gasteiger partial charge in [-0.2, -0.15) is 0 Å². The summed E-state index contributed by atoms with van der Waals surface area (Å²) in [4.78, 5) is 35.0. The average molecular weight is 481 g/mol. The minimum Gasteiger partial charge on any atom is -0.293 e. The van der Waals surface area contributed by atoms with E-state index in [4.69, 9.17) is 0 Å². The number of rotatable bonds is 7. The Morgan fingerprint density at radius 2 is 1.82 bits per heavy atom. The summed E-state index contributed by atoms with van der Waals surface area (Å²) in [5.74, 6) is 0.289. The number of ketones is 1. The van der Waals surface area contributed by atoms with Gasteiger partial charge in [0.05, 0.1) is 22.9 Å². The van der Waals surface area contributed by atoms with Crippen LogP contribution in [0.2, 0.25) is 0 Å². The Hall–Kier alpha value is -3.50. The second-order valence-corrected chi connectivity index (χ2v) is 10.1. The van der Waals surface area contributed by atoms with Crippen LogP contribution in [0.25, 0.3) is 16.7 Å². The molecule has 0 bridgehead atoms. The number of sulfonamides is 1. The quantitative estimate of drug-likeness (QED) is 0.245. The average Bonchev–Trinajstić information content (AvgIpc) is 2.77. The van der Waals surface area contributed by atoms with Crippen molar-refractivity contribution in [1.82, 2.24) is 14.5 Å². The van der Waals surface area contributed by atoms with E-state index in [-0.39, 0.29) is 17.1 Å². The van der Waals surface area contributed by atoms with Crippen LogP contribution in [0.1, 0.15) is 15.9 Å². The smallest absolute Gasteiger partial charge is 0.267 e. The summed E-state index contributed by atoms with van der Waals surface area (Å²) in [6, 6.07) is 16.8. The van der Waals surface area contributed by atoms with Crippen LogP contribution >= 0.6 is 11.8 Å². The zero-order valence-corrected chi connectivity index (χ0v) is 19.5. The van der Waals surface area contributed by atoms with Gasteiger partial charge >= 0.3 is 0 Å². The van der Waals surface area contributed by atoms with Crippen LogP contribution in [0, 0.1) is 6.92 Å². The van der Waals surface area contributed by atoms with Crippen molar-refractivity contribution in [2.24, 2.45) is 0 Å². The highest BCUT2D eigenvalue weighted by Gasteiger charge is 2.16. The second-order valence-electron chi connectivity index (χ2n) is 7.41. The monoisotopic (exact) mass is 480 g/mol. The molecule has 2 heterocycles. The van der Waals surface area contributed by atoms with Gasteiger partial charge in [0.1, 0.15) is 5.82 Å². The lowest BCUT2D eigenvalue weighted by molar-refractivity contribution is 0.102. The summed E-state index contributed by atoms with van der Waals surface area (Å²) in [6.45, 7) is 1.91. The number of aryl methyl sites for hydroxylation is 1. The molecule has 4 aromatic rings. The van der Waals surface area contributed by atoms with E-state index in [2.05, 4.69) is 14.7 Å². The van der Waals surface area contributed by atoms with Crippen molar-refractivity contribution in [3.05, 3.63) is 88.3 Å². The molecule has 0 fully saturated rings. The Balaban J connectivity index is 1.65. The van der Waals surface area contributed by atoms with Gasteiger partial charge in [0.2, 0.25) is 10.0 Å². The first-order valence-corrected chi connectivity index (χ1v) is 12.8. The number of anilines is 1. The summed E-state index contributed by atoms with van der Waals surface area (Å²) < 4.78 is 26.5. The SMILES string of the molecule is Cc1ccnc(-n2c(SCC(=O)c3ccc(NS(C)(=O)=O)cc3)nc3ccccc3c2=O)c1. The fraction of sp³-hybridized carbons (Fsp3) is 0.130. The van der Waals surface area contributed by atoms with Crippen molar-refractivity contribution in [1.29, 1.82) is 0 Å². The second kappa shape index (κ2) is 9.16. The number of para-hydroxylation sites is 1. The lowest BCUT2D eigenvalue weighted by atomic mass is 10.1. The third-order valence-electron chi connectivity index (χ3n) is 4.72. The van der Waals surface area contributed by atoms with Gasteiger partial charge in [0, 0.05) is 17.4 Å². The van der Waals surface area contributed by atoms with Crippen molar-refractivity contribution in [2.75, 3.05) is 16.7 Å². The van der Waals surface area contributed by atoms with Crippen molar-refractivity contribution >= 4 is 44.2 Å². The van der Waals surface area contributed by atoms with E-state index >= 15 is 0 Å². The Labute approximate surface area is 194 Å². The number of nitrogens with one attached hydrogen (secondary N) is 1. The van der Waals surface area contributed by atoms with E-state index in [1.54, 1.807) is 48.7 Å². The molecule has 0 aliphatic rings. The fourth-order valence-electron chi connectivity index (χ4n) is 3.21. The number of carbonyl (C=O) groups excluding carboxylic acids is 1. The number of hydrogen-bond acceptors (Lipinski definition) is 7. The van der Waals surface area contributed by atoms with Crippen LogP contribution in [-0.4, -0.2) is 40.7 Å². The highest BCUT2D eigenvalue weighted by molar-refractivity contribution is 7.99. The molecule has 2 aromatic carbocycles. The molecule has 0 unspecified atom stereocenters. The summed E-state index contributed by atoms with van der Waals surface area (Å²) in [6.07, 6.45) is 2.68. The molecule has 0 atom stereocenters. The van der Waals surface area contributed by atoms with Gasteiger partial charge in [-0.15, -0.1) is 0 Å². The topological polar surface area (TPSA) is 111 Å². The minimum atomic E-state index is -3.40. The molecule has 0 spiro atoms. The minimum absolute atomic E-state index is 0.0372. The predicted octanol–water partition coefficient (Wildman–Crippen LogP) is 3.44. The highest BCUT2D eigenvalue weighted by Crippen LogP contribution is 2.22. The third kappa shape index (κ3) is 5.29. The van der Waals surface area contributed by atoms with Gasteiger partial charge in [-0.3, -0.25) is 14.3 Å². The maximum atomic E-state index is 13.3. The van der Waals surface area contributed by atoms with Crippen LogP contribution < -0.4 is 10.3 Å².